The van der Waals surface area contributed by atoms with Crippen LogP contribution in [0.2, 0.25) is 0 Å². The molecule has 12 heteroatoms. The summed E-state index contributed by atoms with van der Waals surface area (Å²) < 4.78 is 18.6. The Kier molecular flexibility index (Phi) is 9.15. The van der Waals surface area contributed by atoms with Gasteiger partial charge in [-0.05, 0) is 76.1 Å². The highest BCUT2D eigenvalue weighted by molar-refractivity contribution is 5.79. The smallest absolute Gasteiger partial charge is 0.413 e. The van der Waals surface area contributed by atoms with Gasteiger partial charge in [0, 0.05) is 12.5 Å². The number of nitrogens with one attached hydrogen (secondary N) is 1. The van der Waals surface area contributed by atoms with Crippen molar-refractivity contribution in [2.75, 3.05) is 19.8 Å². The van der Waals surface area contributed by atoms with E-state index in [-0.39, 0.29) is 25.6 Å². The molecule has 2 atom stereocenters. The minimum atomic E-state index is -1.05. The molecule has 0 bridgehead atoms. The second-order valence-corrected chi connectivity index (χ2v) is 12.8. The van der Waals surface area contributed by atoms with Gasteiger partial charge in [-0.25, -0.2) is 14.4 Å². The number of aliphatic carboxylic acids is 1. The second kappa shape index (κ2) is 12.9. The number of aromatic nitrogens is 3. The number of carboxylic acid groups (broad SMARTS) is 1. The summed E-state index contributed by atoms with van der Waals surface area (Å²) in [6, 6.07) is 14.6. The normalized spacial score (nSPS) is 17.8. The molecule has 2 aromatic carbocycles. The molecule has 12 nitrogen and oxygen atoms in total. The molecule has 0 saturated carbocycles. The number of carbonyl (C=O) groups excluding carboxylic acids is 2. The van der Waals surface area contributed by atoms with E-state index in [2.05, 4.69) is 39.8 Å². The van der Waals surface area contributed by atoms with Gasteiger partial charge < -0.3 is 29.2 Å². The Bertz CT molecular complexity index is 1500. The van der Waals surface area contributed by atoms with Gasteiger partial charge in [-0.1, -0.05) is 48.5 Å². The number of amides is 2. The molecule has 1 fully saturated rings. The van der Waals surface area contributed by atoms with E-state index in [0.29, 0.717) is 25.2 Å². The number of unbranched alkanes of at least 4 members (excludes halogenated alkanes) is 1. The van der Waals surface area contributed by atoms with Crippen molar-refractivity contribution in [3.63, 3.8) is 0 Å². The summed E-state index contributed by atoms with van der Waals surface area (Å²) in [5.41, 5.74) is 2.88. The lowest BCUT2D eigenvalue weighted by molar-refractivity contribution is -0.141. The average molecular weight is 620 g/mol. The molecular formula is C33H41N5O7. The van der Waals surface area contributed by atoms with Crippen molar-refractivity contribution in [1.29, 1.82) is 0 Å². The van der Waals surface area contributed by atoms with Crippen LogP contribution in [0.1, 0.15) is 88.8 Å². The molecule has 1 saturated heterocycles. The Labute approximate surface area is 262 Å². The van der Waals surface area contributed by atoms with Crippen LogP contribution in [0.4, 0.5) is 9.59 Å². The molecule has 3 aromatic rings. The van der Waals surface area contributed by atoms with Crippen LogP contribution in [-0.2, 0) is 19.0 Å². The van der Waals surface area contributed by atoms with E-state index in [1.54, 1.807) is 34.6 Å². The summed E-state index contributed by atoms with van der Waals surface area (Å²) >= 11 is 0. The number of ether oxygens (including phenoxy) is 3. The minimum absolute atomic E-state index is 0.0282. The zero-order chi connectivity index (χ0) is 32.4. The highest BCUT2D eigenvalue weighted by Gasteiger charge is 2.48. The largest absolute Gasteiger partial charge is 0.480 e. The summed E-state index contributed by atoms with van der Waals surface area (Å²) in [5, 5.41) is 21.0. The molecule has 2 amide bonds. The molecule has 1 aliphatic heterocycles. The number of fused-ring (bicyclic) bond motifs is 3. The maximum atomic E-state index is 13.1. The number of nitrogens with zero attached hydrogens (tertiary/aromatic N) is 4. The van der Waals surface area contributed by atoms with Crippen LogP contribution in [0.25, 0.3) is 11.1 Å². The van der Waals surface area contributed by atoms with Gasteiger partial charge in [-0.3, -0.25) is 4.90 Å². The van der Waals surface area contributed by atoms with Crippen molar-refractivity contribution < 1.29 is 33.7 Å². The third-order valence-corrected chi connectivity index (χ3v) is 8.11. The highest BCUT2D eigenvalue weighted by Crippen LogP contribution is 2.44. The fraction of sp³-hybridized carbons (Fsp3) is 0.485. The highest BCUT2D eigenvalue weighted by atomic mass is 16.6. The molecule has 1 aromatic heterocycles. The van der Waals surface area contributed by atoms with E-state index < -0.39 is 41.6 Å². The Balaban J connectivity index is 1.14. The number of carbonyl (C=O) groups is 3. The van der Waals surface area contributed by atoms with Crippen LogP contribution >= 0.6 is 0 Å². The number of rotatable bonds is 10. The van der Waals surface area contributed by atoms with Gasteiger partial charge >= 0.3 is 18.2 Å². The van der Waals surface area contributed by atoms with E-state index in [1.807, 2.05) is 24.3 Å². The zero-order valence-electron chi connectivity index (χ0n) is 26.4. The summed E-state index contributed by atoms with van der Waals surface area (Å²) in [6.07, 6.45) is 1.56. The molecule has 0 radical (unpaired) electrons. The molecule has 0 spiro atoms. The number of hydrogen-bond donors (Lipinski definition) is 2. The van der Waals surface area contributed by atoms with E-state index >= 15 is 0 Å². The lowest BCUT2D eigenvalue weighted by Gasteiger charge is -2.35. The van der Waals surface area contributed by atoms with Crippen LogP contribution in [0.3, 0.4) is 0 Å². The molecular weight excluding hydrogens is 578 g/mol. The Hall–Kier alpha value is -4.45. The van der Waals surface area contributed by atoms with E-state index in [1.165, 1.54) is 15.8 Å². The first-order chi connectivity index (χ1) is 21.4. The SMILES string of the molecule is CC(C)(C)OC(=O)N1[C@H](c2nncn2[C@@H](CCCCNC(=O)OCC2c3ccccc3-c3ccccc32)C(=O)O)COC1(C)C. The molecule has 5 rings (SSSR count). The maximum Gasteiger partial charge on any atom is 0.413 e. The Morgan fingerprint density at radius 1 is 1.07 bits per heavy atom. The Morgan fingerprint density at radius 2 is 1.71 bits per heavy atom. The summed E-state index contributed by atoms with van der Waals surface area (Å²) in [4.78, 5) is 39.5. The quantitative estimate of drug-likeness (QED) is 0.275. The van der Waals surface area contributed by atoms with Crippen LogP contribution in [-0.4, -0.2) is 74.0 Å². The average Bonchev–Trinajstić information content (AvgIpc) is 3.66. The lowest BCUT2D eigenvalue weighted by Crippen LogP contribution is -2.47. The van der Waals surface area contributed by atoms with Crippen molar-refractivity contribution in [3.05, 3.63) is 71.8 Å². The van der Waals surface area contributed by atoms with Gasteiger partial charge in [0.15, 0.2) is 5.82 Å². The molecule has 2 aliphatic rings. The second-order valence-electron chi connectivity index (χ2n) is 12.8. The van der Waals surface area contributed by atoms with E-state index in [9.17, 15) is 19.5 Å². The lowest BCUT2D eigenvalue weighted by atomic mass is 9.98. The first-order valence-electron chi connectivity index (χ1n) is 15.2. The topological polar surface area (TPSA) is 145 Å². The first-order valence-corrected chi connectivity index (χ1v) is 15.2. The van der Waals surface area contributed by atoms with Gasteiger partial charge in [0.2, 0.25) is 0 Å². The van der Waals surface area contributed by atoms with Crippen molar-refractivity contribution in [3.8, 4) is 11.1 Å². The number of alkyl carbamates (subject to hydrolysis) is 1. The van der Waals surface area contributed by atoms with Gasteiger partial charge in [0.05, 0.1) is 6.61 Å². The first kappa shape index (κ1) is 32.0. The van der Waals surface area contributed by atoms with E-state index in [0.717, 1.165) is 22.3 Å². The predicted molar refractivity (Wildman–Crippen MR) is 164 cm³/mol. The van der Waals surface area contributed by atoms with E-state index in [4.69, 9.17) is 14.2 Å². The van der Waals surface area contributed by atoms with Crippen molar-refractivity contribution >= 4 is 18.2 Å². The van der Waals surface area contributed by atoms with Crippen molar-refractivity contribution in [2.45, 2.75) is 83.2 Å². The van der Waals surface area contributed by atoms with Crippen LogP contribution in [0, 0.1) is 0 Å². The molecule has 240 valence electrons. The summed E-state index contributed by atoms with van der Waals surface area (Å²) in [6.45, 7) is 9.47. The fourth-order valence-corrected chi connectivity index (χ4v) is 6.06. The Morgan fingerprint density at radius 3 is 2.33 bits per heavy atom. The fourth-order valence-electron chi connectivity index (χ4n) is 6.06. The van der Waals surface area contributed by atoms with Gasteiger partial charge in [-0.2, -0.15) is 0 Å². The van der Waals surface area contributed by atoms with Crippen LogP contribution < -0.4 is 5.32 Å². The molecule has 2 N–H and O–H groups in total. The monoisotopic (exact) mass is 619 g/mol. The zero-order valence-corrected chi connectivity index (χ0v) is 26.4. The maximum absolute atomic E-state index is 13.1. The van der Waals surface area contributed by atoms with Gasteiger partial charge in [0.25, 0.3) is 0 Å². The van der Waals surface area contributed by atoms with Gasteiger partial charge in [0.1, 0.15) is 36.3 Å². The molecule has 1 aliphatic carbocycles. The predicted octanol–water partition coefficient (Wildman–Crippen LogP) is 5.66. The number of hydrogen-bond acceptors (Lipinski definition) is 8. The third-order valence-electron chi connectivity index (χ3n) is 8.11. The van der Waals surface area contributed by atoms with Crippen LogP contribution in [0.5, 0.6) is 0 Å². The summed E-state index contributed by atoms with van der Waals surface area (Å²) in [5.74, 6) is -0.780. The standard InChI is InChI=1S/C33H41N5O7/c1-32(2,3)45-31(42)38-27(19-44-33(38,4)5)28-36-35-20-37(28)26(29(39)40)16-10-11-17-34-30(41)43-18-25-23-14-8-6-12-21(23)22-13-7-9-15-24(22)25/h6-9,12-15,20,25-27H,10-11,16-19H2,1-5H3,(H,34,41)(H,39,40)/t26-,27-/m0/s1. The minimum Gasteiger partial charge on any atom is -0.480 e. The number of carboxylic acids is 1. The van der Waals surface area contributed by atoms with Crippen LogP contribution in [0.15, 0.2) is 54.9 Å². The van der Waals surface area contributed by atoms with Crippen molar-refractivity contribution in [2.24, 2.45) is 0 Å². The third kappa shape index (κ3) is 6.95. The summed E-state index contributed by atoms with van der Waals surface area (Å²) in [7, 11) is 0. The number of benzene rings is 2. The molecule has 45 heavy (non-hydrogen) atoms. The van der Waals surface area contributed by atoms with Gasteiger partial charge in [-0.15, -0.1) is 10.2 Å². The van der Waals surface area contributed by atoms with Crippen molar-refractivity contribution in [1.82, 2.24) is 25.0 Å². The molecule has 2 heterocycles. The molecule has 0 unspecified atom stereocenters.